The third-order valence-electron chi connectivity index (χ3n) is 1.73. The second kappa shape index (κ2) is 3.55. The molecular formula is C11H9S. The summed E-state index contributed by atoms with van der Waals surface area (Å²) in [6, 6.07) is 15.5. The standard InChI is InChI=1S/C11H9S/c1-2-5-10(6-3-1)9-11-7-4-8-12-11/h1-2,4-8H,9H2. The van der Waals surface area contributed by atoms with Crippen LogP contribution < -0.4 is 0 Å². The van der Waals surface area contributed by atoms with E-state index in [2.05, 4.69) is 29.6 Å². The fourth-order valence-electron chi connectivity index (χ4n) is 1.15. The summed E-state index contributed by atoms with van der Waals surface area (Å²) in [5.74, 6) is 0. The van der Waals surface area contributed by atoms with Gasteiger partial charge in [-0.25, -0.2) is 0 Å². The van der Waals surface area contributed by atoms with E-state index in [9.17, 15) is 0 Å². The van der Waals surface area contributed by atoms with Crippen molar-refractivity contribution < 1.29 is 0 Å². The minimum absolute atomic E-state index is 1.04. The lowest BCUT2D eigenvalue weighted by atomic mass is 10.1. The Morgan fingerprint density at radius 3 is 2.92 bits per heavy atom. The molecule has 1 aromatic heterocycles. The van der Waals surface area contributed by atoms with E-state index in [1.165, 1.54) is 10.4 Å². The molecule has 2 rings (SSSR count). The van der Waals surface area contributed by atoms with E-state index in [4.69, 9.17) is 0 Å². The Morgan fingerprint density at radius 1 is 1.25 bits per heavy atom. The predicted molar refractivity (Wildman–Crippen MR) is 52.4 cm³/mol. The zero-order valence-electron chi connectivity index (χ0n) is 6.66. The maximum absolute atomic E-state index is 3.08. The van der Waals surface area contributed by atoms with Gasteiger partial charge in [0.15, 0.2) is 0 Å². The van der Waals surface area contributed by atoms with Crippen molar-refractivity contribution >= 4 is 11.3 Å². The highest BCUT2D eigenvalue weighted by Crippen LogP contribution is 2.13. The number of hydrogen-bond donors (Lipinski definition) is 0. The number of rotatable bonds is 2. The second-order valence-electron chi connectivity index (χ2n) is 2.67. The van der Waals surface area contributed by atoms with Crippen LogP contribution >= 0.6 is 11.3 Å². The van der Waals surface area contributed by atoms with Crippen LogP contribution in [0, 0.1) is 6.07 Å². The molecule has 0 aliphatic heterocycles. The van der Waals surface area contributed by atoms with Crippen molar-refractivity contribution in [2.75, 3.05) is 0 Å². The van der Waals surface area contributed by atoms with Gasteiger partial charge in [-0.1, -0.05) is 30.3 Å². The van der Waals surface area contributed by atoms with E-state index >= 15 is 0 Å². The largest absolute Gasteiger partial charge is 0.149 e. The molecule has 0 aliphatic carbocycles. The van der Waals surface area contributed by atoms with E-state index in [0.717, 1.165) is 6.42 Å². The topological polar surface area (TPSA) is 0 Å². The van der Waals surface area contributed by atoms with Gasteiger partial charge in [-0.15, -0.1) is 11.3 Å². The quantitative estimate of drug-likeness (QED) is 0.654. The highest BCUT2D eigenvalue weighted by molar-refractivity contribution is 7.09. The molecule has 0 saturated heterocycles. The molecule has 0 aliphatic rings. The Bertz CT molecular complexity index is 321. The highest BCUT2D eigenvalue weighted by atomic mass is 32.1. The van der Waals surface area contributed by atoms with Gasteiger partial charge in [0.1, 0.15) is 0 Å². The molecule has 0 nitrogen and oxygen atoms in total. The first-order chi connectivity index (χ1) is 5.95. The molecule has 0 N–H and O–H groups in total. The molecule has 1 heteroatoms. The monoisotopic (exact) mass is 173 g/mol. The minimum Gasteiger partial charge on any atom is -0.149 e. The summed E-state index contributed by atoms with van der Waals surface area (Å²) in [6.45, 7) is 0. The Balaban J connectivity index is 2.15. The maximum Gasteiger partial charge on any atom is 0.00890 e. The molecule has 0 fully saturated rings. The summed E-state index contributed by atoms with van der Waals surface area (Å²) < 4.78 is 0. The van der Waals surface area contributed by atoms with Gasteiger partial charge in [-0.2, -0.15) is 0 Å². The first-order valence-electron chi connectivity index (χ1n) is 3.92. The van der Waals surface area contributed by atoms with Crippen LogP contribution in [0.15, 0.2) is 41.8 Å². The molecule has 0 saturated carbocycles. The van der Waals surface area contributed by atoms with Crippen LogP contribution in [0.4, 0.5) is 0 Å². The van der Waals surface area contributed by atoms with Gasteiger partial charge in [0.25, 0.3) is 0 Å². The fourth-order valence-corrected chi connectivity index (χ4v) is 1.89. The van der Waals surface area contributed by atoms with Crippen molar-refractivity contribution in [3.63, 3.8) is 0 Å². The van der Waals surface area contributed by atoms with Gasteiger partial charge in [0, 0.05) is 11.3 Å². The van der Waals surface area contributed by atoms with Crippen LogP contribution in [0.1, 0.15) is 10.4 Å². The third-order valence-corrected chi connectivity index (χ3v) is 2.61. The Morgan fingerprint density at radius 2 is 2.25 bits per heavy atom. The first-order valence-corrected chi connectivity index (χ1v) is 4.80. The van der Waals surface area contributed by atoms with Crippen LogP contribution in [0.25, 0.3) is 0 Å². The zero-order chi connectivity index (χ0) is 8.23. The highest BCUT2D eigenvalue weighted by Gasteiger charge is 1.94. The molecule has 0 atom stereocenters. The third kappa shape index (κ3) is 1.74. The summed E-state index contributed by atoms with van der Waals surface area (Å²) in [5, 5.41) is 2.11. The second-order valence-corrected chi connectivity index (χ2v) is 3.70. The van der Waals surface area contributed by atoms with Gasteiger partial charge in [0.2, 0.25) is 0 Å². The van der Waals surface area contributed by atoms with E-state index in [1.54, 1.807) is 11.3 Å². The van der Waals surface area contributed by atoms with E-state index in [0.29, 0.717) is 0 Å². The molecule has 1 radical (unpaired) electrons. The van der Waals surface area contributed by atoms with Gasteiger partial charge < -0.3 is 0 Å². The first kappa shape index (κ1) is 7.56. The van der Waals surface area contributed by atoms with Gasteiger partial charge >= 0.3 is 0 Å². The van der Waals surface area contributed by atoms with Crippen LogP contribution in [0.2, 0.25) is 0 Å². The molecule has 2 aromatic rings. The normalized spacial score (nSPS) is 10.0. The maximum atomic E-state index is 3.08. The van der Waals surface area contributed by atoms with E-state index in [1.807, 2.05) is 18.2 Å². The minimum atomic E-state index is 1.04. The lowest BCUT2D eigenvalue weighted by Crippen LogP contribution is -1.81. The number of hydrogen-bond acceptors (Lipinski definition) is 1. The molecule has 0 spiro atoms. The molecule has 12 heavy (non-hydrogen) atoms. The molecule has 1 aromatic carbocycles. The van der Waals surface area contributed by atoms with Crippen molar-refractivity contribution in [3.8, 4) is 0 Å². The van der Waals surface area contributed by atoms with Crippen LogP contribution in [0.5, 0.6) is 0 Å². The lowest BCUT2D eigenvalue weighted by molar-refractivity contribution is 1.24. The van der Waals surface area contributed by atoms with E-state index in [-0.39, 0.29) is 0 Å². The van der Waals surface area contributed by atoms with Gasteiger partial charge in [0.05, 0.1) is 0 Å². The van der Waals surface area contributed by atoms with E-state index < -0.39 is 0 Å². The van der Waals surface area contributed by atoms with Crippen molar-refractivity contribution in [2.45, 2.75) is 6.42 Å². The fraction of sp³-hybridized carbons (Fsp3) is 0.0909. The van der Waals surface area contributed by atoms with Crippen molar-refractivity contribution in [1.82, 2.24) is 0 Å². The van der Waals surface area contributed by atoms with Crippen molar-refractivity contribution in [1.29, 1.82) is 0 Å². The molecule has 1 heterocycles. The van der Waals surface area contributed by atoms with Crippen LogP contribution in [-0.2, 0) is 6.42 Å². The summed E-state index contributed by atoms with van der Waals surface area (Å²) in [4.78, 5) is 1.41. The summed E-state index contributed by atoms with van der Waals surface area (Å²) in [7, 11) is 0. The SMILES string of the molecule is [c]1cccc(Cc2cccs2)c1. The van der Waals surface area contributed by atoms with Crippen LogP contribution in [0.3, 0.4) is 0 Å². The molecule has 0 unspecified atom stereocenters. The van der Waals surface area contributed by atoms with Gasteiger partial charge in [-0.05, 0) is 23.1 Å². The number of benzene rings is 1. The van der Waals surface area contributed by atoms with Crippen molar-refractivity contribution in [2.24, 2.45) is 0 Å². The number of thiophene rings is 1. The van der Waals surface area contributed by atoms with Crippen molar-refractivity contribution in [3.05, 3.63) is 58.3 Å². The predicted octanol–water partition coefficient (Wildman–Crippen LogP) is 3.14. The Hall–Kier alpha value is -1.08. The average molecular weight is 173 g/mol. The summed E-state index contributed by atoms with van der Waals surface area (Å²) in [6.07, 6.45) is 1.04. The molecule has 0 bridgehead atoms. The van der Waals surface area contributed by atoms with Gasteiger partial charge in [-0.3, -0.25) is 0 Å². The van der Waals surface area contributed by atoms with Crippen LogP contribution in [-0.4, -0.2) is 0 Å². The molecule has 0 amide bonds. The zero-order valence-corrected chi connectivity index (χ0v) is 7.47. The lowest BCUT2D eigenvalue weighted by Gasteiger charge is -1.95. The summed E-state index contributed by atoms with van der Waals surface area (Å²) in [5.41, 5.74) is 1.33. The average Bonchev–Trinajstić information content (AvgIpc) is 2.59. The summed E-state index contributed by atoms with van der Waals surface area (Å²) >= 11 is 1.80. The Kier molecular flexibility index (Phi) is 2.23. The molecular weight excluding hydrogens is 164 g/mol. The Labute approximate surface area is 76.5 Å². The smallest absolute Gasteiger partial charge is 0.00890 e. The molecule has 59 valence electrons.